The van der Waals surface area contributed by atoms with Gasteiger partial charge in [-0.3, -0.25) is 4.79 Å². The van der Waals surface area contributed by atoms with Gasteiger partial charge in [0.05, 0.1) is 5.69 Å². The smallest absolute Gasteiger partial charge is 0.262 e. The highest BCUT2D eigenvalue weighted by Gasteiger charge is 2.15. The summed E-state index contributed by atoms with van der Waals surface area (Å²) in [6.45, 7) is 2.43. The Labute approximate surface area is 121 Å². The number of hydrogen-bond donors (Lipinski definition) is 2. The molecule has 2 aromatic carbocycles. The van der Waals surface area contributed by atoms with Crippen molar-refractivity contribution < 1.29 is 13.9 Å². The lowest BCUT2D eigenvalue weighted by Crippen LogP contribution is -2.25. The summed E-state index contributed by atoms with van der Waals surface area (Å²) in [5.74, 6) is 0.247. The number of ether oxygens (including phenoxy) is 1. The van der Waals surface area contributed by atoms with Gasteiger partial charge in [0.1, 0.15) is 11.6 Å². The fraction of sp³-hybridized carbons (Fsp3) is 0.188. The van der Waals surface area contributed by atoms with E-state index >= 15 is 0 Å². The average Bonchev–Trinajstić information content (AvgIpc) is 2.43. The molecule has 0 radical (unpaired) electrons. The van der Waals surface area contributed by atoms with Gasteiger partial charge < -0.3 is 15.4 Å². The Bertz CT molecular complexity index is 680. The van der Waals surface area contributed by atoms with Gasteiger partial charge >= 0.3 is 0 Å². The van der Waals surface area contributed by atoms with Crippen molar-refractivity contribution in [1.82, 2.24) is 0 Å². The van der Waals surface area contributed by atoms with Crippen LogP contribution in [-0.4, -0.2) is 12.5 Å². The molecule has 4 nitrogen and oxygen atoms in total. The summed E-state index contributed by atoms with van der Waals surface area (Å²) in [6.07, 6.45) is 0. The molecule has 3 rings (SSSR count). The Morgan fingerprint density at radius 2 is 2.14 bits per heavy atom. The molecule has 0 saturated carbocycles. The summed E-state index contributed by atoms with van der Waals surface area (Å²) < 4.78 is 18.6. The van der Waals surface area contributed by atoms with Crippen LogP contribution in [0.4, 0.5) is 15.8 Å². The second-order valence-electron chi connectivity index (χ2n) is 5.04. The summed E-state index contributed by atoms with van der Waals surface area (Å²) >= 11 is 0. The Hall–Kier alpha value is -2.56. The van der Waals surface area contributed by atoms with E-state index in [4.69, 9.17) is 4.74 Å². The molecule has 2 aromatic rings. The van der Waals surface area contributed by atoms with Crippen molar-refractivity contribution in [2.75, 3.05) is 17.2 Å². The molecule has 1 heterocycles. The van der Waals surface area contributed by atoms with Crippen LogP contribution >= 0.6 is 0 Å². The number of anilines is 2. The van der Waals surface area contributed by atoms with Crippen LogP contribution in [0.25, 0.3) is 0 Å². The van der Waals surface area contributed by atoms with Crippen LogP contribution in [0.15, 0.2) is 36.4 Å². The number of rotatable bonds is 3. The predicted octanol–water partition coefficient (Wildman–Crippen LogP) is 3.08. The van der Waals surface area contributed by atoms with E-state index in [1.807, 2.05) is 31.2 Å². The van der Waals surface area contributed by atoms with Crippen molar-refractivity contribution in [3.8, 4) is 5.75 Å². The Balaban J connectivity index is 1.73. The van der Waals surface area contributed by atoms with Crippen molar-refractivity contribution in [2.24, 2.45) is 0 Å². The Morgan fingerprint density at radius 1 is 1.29 bits per heavy atom. The number of fused-ring (bicyclic) bond motifs is 1. The van der Waals surface area contributed by atoms with Crippen LogP contribution < -0.4 is 15.4 Å². The lowest BCUT2D eigenvalue weighted by molar-refractivity contribution is -0.118. The van der Waals surface area contributed by atoms with E-state index in [1.165, 1.54) is 12.1 Å². The molecule has 0 aliphatic carbocycles. The monoisotopic (exact) mass is 286 g/mol. The van der Waals surface area contributed by atoms with Crippen LogP contribution in [0.1, 0.15) is 11.1 Å². The van der Waals surface area contributed by atoms with Crippen LogP contribution in [0.5, 0.6) is 5.75 Å². The number of aryl methyl sites for hydroxylation is 1. The standard InChI is InChI=1S/C16H15FN2O2/c1-10-4-12(17)7-13(5-10)18-8-11-2-3-15-14(6-11)19-16(20)9-21-15/h2-7,18H,8-9H2,1H3,(H,19,20). The molecule has 21 heavy (non-hydrogen) atoms. The molecule has 2 N–H and O–H groups in total. The minimum absolute atomic E-state index is 0.0488. The zero-order chi connectivity index (χ0) is 14.8. The summed E-state index contributed by atoms with van der Waals surface area (Å²) in [5.41, 5.74) is 3.23. The molecule has 0 bridgehead atoms. The van der Waals surface area contributed by atoms with E-state index in [0.29, 0.717) is 18.0 Å². The number of amides is 1. The van der Waals surface area contributed by atoms with Crippen molar-refractivity contribution in [3.05, 3.63) is 53.3 Å². The van der Waals surface area contributed by atoms with Gasteiger partial charge in [-0.2, -0.15) is 0 Å². The first-order valence-corrected chi connectivity index (χ1v) is 6.67. The van der Waals surface area contributed by atoms with Crippen molar-refractivity contribution in [1.29, 1.82) is 0 Å². The number of nitrogens with one attached hydrogen (secondary N) is 2. The van der Waals surface area contributed by atoms with Gasteiger partial charge in [0, 0.05) is 12.2 Å². The maximum Gasteiger partial charge on any atom is 0.262 e. The van der Waals surface area contributed by atoms with Crippen LogP contribution in [0.2, 0.25) is 0 Å². The minimum Gasteiger partial charge on any atom is -0.482 e. The second-order valence-corrected chi connectivity index (χ2v) is 5.04. The third-order valence-corrected chi connectivity index (χ3v) is 3.22. The van der Waals surface area contributed by atoms with Gasteiger partial charge in [0.25, 0.3) is 5.91 Å². The Morgan fingerprint density at radius 3 is 2.95 bits per heavy atom. The molecule has 0 spiro atoms. The maximum absolute atomic E-state index is 13.3. The number of carbonyl (C=O) groups excluding carboxylic acids is 1. The summed E-state index contributed by atoms with van der Waals surface area (Å²) in [7, 11) is 0. The summed E-state index contributed by atoms with van der Waals surface area (Å²) in [6, 6.07) is 10.4. The molecular weight excluding hydrogens is 271 g/mol. The molecule has 108 valence electrons. The number of benzene rings is 2. The van der Waals surface area contributed by atoms with Gasteiger partial charge in [-0.25, -0.2) is 4.39 Å². The maximum atomic E-state index is 13.3. The van der Waals surface area contributed by atoms with E-state index in [1.54, 1.807) is 0 Å². The Kier molecular flexibility index (Phi) is 3.48. The summed E-state index contributed by atoms with van der Waals surface area (Å²) in [4.78, 5) is 11.3. The lowest BCUT2D eigenvalue weighted by atomic mass is 10.1. The zero-order valence-electron chi connectivity index (χ0n) is 11.6. The SMILES string of the molecule is Cc1cc(F)cc(NCc2ccc3c(c2)NC(=O)CO3)c1. The lowest BCUT2D eigenvalue weighted by Gasteiger charge is -2.18. The predicted molar refractivity (Wildman–Crippen MR) is 79.0 cm³/mol. The van der Waals surface area contributed by atoms with E-state index < -0.39 is 0 Å². The van der Waals surface area contributed by atoms with Gasteiger partial charge in [-0.15, -0.1) is 0 Å². The molecular formula is C16H15FN2O2. The zero-order valence-corrected chi connectivity index (χ0v) is 11.6. The fourth-order valence-corrected chi connectivity index (χ4v) is 2.28. The quantitative estimate of drug-likeness (QED) is 0.911. The average molecular weight is 286 g/mol. The topological polar surface area (TPSA) is 50.4 Å². The molecule has 0 saturated heterocycles. The van der Waals surface area contributed by atoms with Crippen LogP contribution in [0.3, 0.4) is 0 Å². The first kappa shape index (κ1) is 13.4. The first-order valence-electron chi connectivity index (χ1n) is 6.67. The first-order chi connectivity index (χ1) is 10.1. The molecule has 1 amide bonds. The number of hydrogen-bond acceptors (Lipinski definition) is 3. The molecule has 1 aliphatic heterocycles. The summed E-state index contributed by atoms with van der Waals surface area (Å²) in [5, 5.41) is 5.93. The van der Waals surface area contributed by atoms with Crippen molar-refractivity contribution in [3.63, 3.8) is 0 Å². The molecule has 0 fully saturated rings. The molecule has 1 aliphatic rings. The molecule has 0 unspecified atom stereocenters. The minimum atomic E-state index is -0.261. The van der Waals surface area contributed by atoms with Gasteiger partial charge in [-0.1, -0.05) is 6.07 Å². The highest BCUT2D eigenvalue weighted by atomic mass is 19.1. The highest BCUT2D eigenvalue weighted by Crippen LogP contribution is 2.28. The normalized spacial score (nSPS) is 13.1. The fourth-order valence-electron chi connectivity index (χ4n) is 2.28. The van der Waals surface area contributed by atoms with Crippen LogP contribution in [0, 0.1) is 12.7 Å². The van der Waals surface area contributed by atoms with E-state index in [-0.39, 0.29) is 18.3 Å². The van der Waals surface area contributed by atoms with Gasteiger partial charge in [0.15, 0.2) is 6.61 Å². The third kappa shape index (κ3) is 3.13. The van der Waals surface area contributed by atoms with Gasteiger partial charge in [-0.05, 0) is 48.4 Å². The van der Waals surface area contributed by atoms with Crippen molar-refractivity contribution in [2.45, 2.75) is 13.5 Å². The highest BCUT2D eigenvalue weighted by molar-refractivity contribution is 5.95. The molecule has 0 aromatic heterocycles. The van der Waals surface area contributed by atoms with Crippen molar-refractivity contribution >= 4 is 17.3 Å². The van der Waals surface area contributed by atoms with E-state index in [0.717, 1.165) is 16.8 Å². The largest absolute Gasteiger partial charge is 0.482 e. The second kappa shape index (κ2) is 5.44. The molecule has 0 atom stereocenters. The van der Waals surface area contributed by atoms with Gasteiger partial charge in [0.2, 0.25) is 0 Å². The molecule has 5 heteroatoms. The van der Waals surface area contributed by atoms with E-state index in [2.05, 4.69) is 10.6 Å². The van der Waals surface area contributed by atoms with Crippen LogP contribution in [-0.2, 0) is 11.3 Å². The number of halogens is 1. The number of carbonyl (C=O) groups is 1. The third-order valence-electron chi connectivity index (χ3n) is 3.22. The van der Waals surface area contributed by atoms with E-state index in [9.17, 15) is 9.18 Å².